The van der Waals surface area contributed by atoms with E-state index in [0.717, 1.165) is 54.8 Å². The van der Waals surface area contributed by atoms with Crippen LogP contribution < -0.4 is 14.8 Å². The first kappa shape index (κ1) is 31.8. The van der Waals surface area contributed by atoms with E-state index < -0.39 is 0 Å². The summed E-state index contributed by atoms with van der Waals surface area (Å²) in [6.45, 7) is 9.90. The average molecular weight is 556 g/mol. The van der Waals surface area contributed by atoms with Crippen LogP contribution in [0.25, 0.3) is 23.1 Å². The fourth-order valence-corrected chi connectivity index (χ4v) is 4.07. The molecule has 1 aromatic heterocycles. The monoisotopic (exact) mass is 554 g/mol. The number of methoxy groups -OCH3 is 2. The van der Waals surface area contributed by atoms with Gasteiger partial charge in [-0.2, -0.15) is 0 Å². The summed E-state index contributed by atoms with van der Waals surface area (Å²) in [6, 6.07) is 11.8. The topological polar surface area (TPSA) is 59.5 Å². The van der Waals surface area contributed by atoms with E-state index in [-0.39, 0.29) is 30.9 Å². The third kappa shape index (κ3) is 8.70. The number of hydrogen-bond acceptors (Lipinski definition) is 6. The van der Waals surface area contributed by atoms with Crippen LogP contribution in [-0.2, 0) is 0 Å². The summed E-state index contributed by atoms with van der Waals surface area (Å²) >= 11 is 6.26. The molecule has 0 aliphatic rings. The van der Waals surface area contributed by atoms with Crippen LogP contribution in [0.2, 0.25) is 5.02 Å². The molecule has 0 amide bonds. The largest absolute Gasteiger partial charge is 0.493 e. The number of anilines is 1. The Hall–Kier alpha value is -2.25. The van der Waals surface area contributed by atoms with Crippen molar-refractivity contribution in [2.75, 3.05) is 39.2 Å². The molecule has 3 aromatic rings. The first-order valence-electron chi connectivity index (χ1n) is 11.8. The molecule has 9 heteroatoms. The standard InChI is InChI=1S/C27H35ClN4O2.2ClH/c1-6-32(7-2)16-8-9-19(3)29-27-22-13-12-21(28)18-23(22)30-26(31-27)15-11-20-10-14-24(33-4)25(17-20)34-5;;/h10-15,17-19H,6-9,16H2,1-5H3,(H,29,30,31);2*1H. The van der Waals surface area contributed by atoms with Crippen molar-refractivity contribution in [3.05, 3.63) is 52.8 Å². The molecule has 0 spiro atoms. The molecule has 0 saturated heterocycles. The molecule has 1 atom stereocenters. The van der Waals surface area contributed by atoms with Gasteiger partial charge < -0.3 is 19.7 Å². The Bertz CT molecular complexity index is 1120. The van der Waals surface area contributed by atoms with Gasteiger partial charge in [-0.15, -0.1) is 24.8 Å². The van der Waals surface area contributed by atoms with E-state index in [1.54, 1.807) is 14.2 Å². The maximum absolute atomic E-state index is 6.26. The summed E-state index contributed by atoms with van der Waals surface area (Å²) in [6.07, 6.45) is 6.06. The van der Waals surface area contributed by atoms with Gasteiger partial charge in [-0.3, -0.25) is 0 Å². The fraction of sp³-hybridized carbons (Fsp3) is 0.407. The third-order valence-electron chi connectivity index (χ3n) is 5.90. The summed E-state index contributed by atoms with van der Waals surface area (Å²) in [4.78, 5) is 12.0. The van der Waals surface area contributed by atoms with Gasteiger partial charge >= 0.3 is 0 Å². The number of rotatable bonds is 12. The van der Waals surface area contributed by atoms with Crippen LogP contribution in [0.4, 0.5) is 5.82 Å². The Morgan fingerprint density at radius 2 is 1.69 bits per heavy atom. The van der Waals surface area contributed by atoms with Gasteiger partial charge in [0.2, 0.25) is 0 Å². The maximum Gasteiger partial charge on any atom is 0.161 e. The van der Waals surface area contributed by atoms with Crippen LogP contribution in [-0.4, -0.2) is 54.8 Å². The summed E-state index contributed by atoms with van der Waals surface area (Å²) < 4.78 is 10.7. The van der Waals surface area contributed by atoms with Crippen molar-refractivity contribution in [3.8, 4) is 11.5 Å². The van der Waals surface area contributed by atoms with E-state index in [1.807, 2.05) is 48.6 Å². The van der Waals surface area contributed by atoms with Crippen molar-refractivity contribution in [2.45, 2.75) is 39.7 Å². The van der Waals surface area contributed by atoms with Gasteiger partial charge in [0.05, 0.1) is 19.7 Å². The Morgan fingerprint density at radius 3 is 2.36 bits per heavy atom. The Kier molecular flexibility index (Phi) is 13.9. The number of nitrogens with one attached hydrogen (secondary N) is 1. The molecule has 1 heterocycles. The summed E-state index contributed by atoms with van der Waals surface area (Å²) in [7, 11) is 3.25. The number of nitrogens with zero attached hydrogens (tertiary/aromatic N) is 3. The van der Waals surface area contributed by atoms with Gasteiger partial charge in [-0.25, -0.2) is 9.97 Å². The second kappa shape index (κ2) is 15.8. The molecule has 0 aliphatic carbocycles. The highest BCUT2D eigenvalue weighted by Gasteiger charge is 2.11. The molecule has 6 nitrogen and oxygen atoms in total. The third-order valence-corrected chi connectivity index (χ3v) is 6.13. The van der Waals surface area contributed by atoms with Crippen LogP contribution in [0, 0.1) is 0 Å². The lowest BCUT2D eigenvalue weighted by molar-refractivity contribution is 0.295. The summed E-state index contributed by atoms with van der Waals surface area (Å²) in [5.74, 6) is 2.81. The zero-order valence-corrected chi connectivity index (χ0v) is 24.0. The molecule has 3 rings (SSSR count). The van der Waals surface area contributed by atoms with Crippen LogP contribution in [0.1, 0.15) is 45.0 Å². The van der Waals surface area contributed by atoms with E-state index in [0.29, 0.717) is 22.3 Å². The van der Waals surface area contributed by atoms with Gasteiger partial charge in [0, 0.05) is 16.5 Å². The second-order valence-electron chi connectivity index (χ2n) is 8.25. The Morgan fingerprint density at radius 1 is 0.972 bits per heavy atom. The van der Waals surface area contributed by atoms with Crippen LogP contribution in [0.5, 0.6) is 11.5 Å². The van der Waals surface area contributed by atoms with E-state index in [9.17, 15) is 0 Å². The van der Waals surface area contributed by atoms with E-state index >= 15 is 0 Å². The normalized spacial score (nSPS) is 11.8. The molecule has 0 saturated carbocycles. The first-order valence-corrected chi connectivity index (χ1v) is 12.2. The van der Waals surface area contributed by atoms with Crippen molar-refractivity contribution in [3.63, 3.8) is 0 Å². The van der Waals surface area contributed by atoms with Crippen molar-refractivity contribution < 1.29 is 9.47 Å². The number of aromatic nitrogens is 2. The SMILES string of the molecule is CCN(CC)CCCC(C)Nc1nc(C=Cc2ccc(OC)c(OC)c2)nc2cc(Cl)ccc12.Cl.Cl. The Labute approximate surface area is 232 Å². The molecule has 198 valence electrons. The highest BCUT2D eigenvalue weighted by molar-refractivity contribution is 6.31. The van der Waals surface area contributed by atoms with Gasteiger partial charge in [-0.05, 0) is 81.4 Å². The number of benzene rings is 2. The van der Waals surface area contributed by atoms with E-state index in [1.165, 1.54) is 0 Å². The predicted molar refractivity (Wildman–Crippen MR) is 158 cm³/mol. The van der Waals surface area contributed by atoms with E-state index in [4.69, 9.17) is 31.0 Å². The van der Waals surface area contributed by atoms with E-state index in [2.05, 4.69) is 31.0 Å². The highest BCUT2D eigenvalue weighted by atomic mass is 35.5. The molecule has 1 unspecified atom stereocenters. The number of hydrogen-bond donors (Lipinski definition) is 1. The highest BCUT2D eigenvalue weighted by Crippen LogP contribution is 2.29. The lowest BCUT2D eigenvalue weighted by Crippen LogP contribution is -2.25. The quantitative estimate of drug-likeness (QED) is 0.254. The number of ether oxygens (including phenoxy) is 2. The zero-order valence-electron chi connectivity index (χ0n) is 21.6. The van der Waals surface area contributed by atoms with Crippen molar-refractivity contribution >= 4 is 65.3 Å². The lowest BCUT2D eigenvalue weighted by atomic mass is 10.1. The number of halogens is 3. The molecule has 2 aromatic carbocycles. The van der Waals surface area contributed by atoms with Crippen LogP contribution in [0.3, 0.4) is 0 Å². The molecule has 0 fully saturated rings. The van der Waals surface area contributed by atoms with Gasteiger partial charge in [0.15, 0.2) is 17.3 Å². The molecule has 0 radical (unpaired) electrons. The minimum Gasteiger partial charge on any atom is -0.493 e. The second-order valence-corrected chi connectivity index (χ2v) is 8.69. The first-order chi connectivity index (χ1) is 16.5. The molecule has 0 aliphatic heterocycles. The maximum atomic E-state index is 6.26. The number of fused-ring (bicyclic) bond motifs is 1. The Balaban J connectivity index is 0.00000324. The average Bonchev–Trinajstić information content (AvgIpc) is 2.84. The molecular weight excluding hydrogens is 519 g/mol. The summed E-state index contributed by atoms with van der Waals surface area (Å²) in [5, 5.41) is 5.22. The minimum absolute atomic E-state index is 0. The van der Waals surface area contributed by atoms with Gasteiger partial charge in [0.25, 0.3) is 0 Å². The summed E-state index contributed by atoms with van der Waals surface area (Å²) in [5.41, 5.74) is 1.78. The fourth-order valence-electron chi connectivity index (χ4n) is 3.90. The van der Waals surface area contributed by atoms with Crippen molar-refractivity contribution in [1.82, 2.24) is 14.9 Å². The zero-order chi connectivity index (χ0) is 24.5. The van der Waals surface area contributed by atoms with Gasteiger partial charge in [-0.1, -0.05) is 37.6 Å². The molecular formula is C27H37Cl3N4O2. The molecule has 0 bridgehead atoms. The lowest BCUT2D eigenvalue weighted by Gasteiger charge is -2.20. The van der Waals surface area contributed by atoms with Crippen molar-refractivity contribution in [1.29, 1.82) is 0 Å². The minimum atomic E-state index is 0. The molecule has 36 heavy (non-hydrogen) atoms. The van der Waals surface area contributed by atoms with Crippen LogP contribution in [0.15, 0.2) is 36.4 Å². The molecule has 1 N–H and O–H groups in total. The smallest absolute Gasteiger partial charge is 0.161 e. The predicted octanol–water partition coefficient (Wildman–Crippen LogP) is 7.24. The van der Waals surface area contributed by atoms with Gasteiger partial charge in [0.1, 0.15) is 5.82 Å². The van der Waals surface area contributed by atoms with Crippen LogP contribution >= 0.6 is 36.4 Å². The van der Waals surface area contributed by atoms with Crippen molar-refractivity contribution in [2.24, 2.45) is 0 Å².